The van der Waals surface area contributed by atoms with Crippen LogP contribution in [0.15, 0.2) is 28.2 Å². The van der Waals surface area contributed by atoms with Gasteiger partial charge in [0.05, 0.1) is 43.3 Å². The fraction of sp³-hybridized carbons (Fsp3) is 0.316. The van der Waals surface area contributed by atoms with E-state index >= 15 is 0 Å². The molecular formula is C38H30N6O2S5. The molecular weight excluding hydrogens is 733 g/mol. The minimum absolute atomic E-state index is 0.178. The predicted octanol–water partition coefficient (Wildman–Crippen LogP) is 12.5. The average molecular weight is 763 g/mol. The molecule has 0 aromatic carbocycles. The van der Waals surface area contributed by atoms with Gasteiger partial charge in [0.1, 0.15) is 28.6 Å². The Hall–Kier alpha value is -4.60. The molecule has 0 N–H and O–H groups in total. The molecule has 0 bridgehead atoms. The second-order valence-corrected chi connectivity index (χ2v) is 18.2. The topological polar surface area (TPSA) is 99.5 Å². The van der Waals surface area contributed by atoms with Crippen LogP contribution in [0.2, 0.25) is 0 Å². The summed E-state index contributed by atoms with van der Waals surface area (Å²) in [5, 5.41) is 19.8. The lowest BCUT2D eigenvalue weighted by atomic mass is 9.80. The van der Waals surface area contributed by atoms with Crippen LogP contribution >= 0.6 is 56.7 Å². The zero-order valence-corrected chi connectivity index (χ0v) is 32.8. The van der Waals surface area contributed by atoms with Crippen LogP contribution < -0.4 is 9.47 Å². The molecule has 0 saturated heterocycles. The third-order valence-electron chi connectivity index (χ3n) is 8.97. The number of guanidine groups is 1. The molecule has 7 rings (SSSR count). The molecule has 13 heteroatoms. The lowest BCUT2D eigenvalue weighted by molar-refractivity contribution is 0.318. The number of aliphatic imine (C=N–C) groups is 2. The highest BCUT2D eigenvalue weighted by Gasteiger charge is 2.46. The van der Waals surface area contributed by atoms with Crippen molar-refractivity contribution in [1.82, 2.24) is 0 Å². The van der Waals surface area contributed by atoms with Crippen molar-refractivity contribution in [2.24, 2.45) is 9.98 Å². The molecule has 5 aromatic rings. The summed E-state index contributed by atoms with van der Waals surface area (Å²) in [6.07, 6.45) is 4.02. The Morgan fingerprint density at radius 1 is 0.745 bits per heavy atom. The number of thiophene rings is 5. The van der Waals surface area contributed by atoms with E-state index < -0.39 is 0 Å². The van der Waals surface area contributed by atoms with Crippen molar-refractivity contribution in [2.75, 3.05) is 13.2 Å². The molecule has 0 radical (unpaired) electrons. The smallest absolute Gasteiger partial charge is 0.492 e. The highest BCUT2D eigenvalue weighted by molar-refractivity contribution is 7.33. The van der Waals surface area contributed by atoms with Gasteiger partial charge in [-0.2, -0.15) is 10.5 Å². The number of fused-ring (bicyclic) bond motifs is 7. The summed E-state index contributed by atoms with van der Waals surface area (Å²) in [7, 11) is 0. The van der Waals surface area contributed by atoms with Crippen molar-refractivity contribution in [3.63, 3.8) is 0 Å². The molecule has 0 saturated carbocycles. The van der Waals surface area contributed by atoms with Crippen LogP contribution in [0.4, 0.5) is 10.0 Å². The summed E-state index contributed by atoms with van der Waals surface area (Å²) in [5.41, 5.74) is 4.47. The first-order valence-electron chi connectivity index (χ1n) is 16.2. The molecule has 0 fully saturated rings. The first kappa shape index (κ1) is 34.8. The van der Waals surface area contributed by atoms with Gasteiger partial charge in [0, 0.05) is 36.5 Å². The largest absolute Gasteiger partial charge is 0.635 e. The highest BCUT2D eigenvalue weighted by Crippen LogP contribution is 2.65. The van der Waals surface area contributed by atoms with Gasteiger partial charge in [-0.25, -0.2) is 14.7 Å². The number of allylic oxidation sites excluding steroid dienone is 1. The van der Waals surface area contributed by atoms with E-state index in [0.29, 0.717) is 23.2 Å². The number of hydrogen-bond acceptors (Lipinski definition) is 11. The van der Waals surface area contributed by atoms with Crippen LogP contribution in [0, 0.1) is 35.8 Å². The van der Waals surface area contributed by atoms with Crippen molar-refractivity contribution in [3.8, 4) is 43.1 Å². The van der Waals surface area contributed by atoms with Crippen LogP contribution in [-0.2, 0) is 10.8 Å². The van der Waals surface area contributed by atoms with Gasteiger partial charge in [-0.05, 0) is 60.4 Å². The van der Waals surface area contributed by atoms with Gasteiger partial charge < -0.3 is 9.47 Å². The molecule has 5 heterocycles. The molecule has 254 valence electrons. The van der Waals surface area contributed by atoms with Crippen LogP contribution in [-0.4, -0.2) is 24.9 Å². The Labute approximate surface area is 316 Å². The predicted molar refractivity (Wildman–Crippen MR) is 214 cm³/mol. The van der Waals surface area contributed by atoms with E-state index in [0.717, 1.165) is 44.5 Å². The van der Waals surface area contributed by atoms with E-state index in [1.54, 1.807) is 11.3 Å². The monoisotopic (exact) mass is 762 g/mol. The zero-order chi connectivity index (χ0) is 36.2. The van der Waals surface area contributed by atoms with Crippen molar-refractivity contribution in [1.29, 1.82) is 10.5 Å². The summed E-state index contributed by atoms with van der Waals surface area (Å²) in [6.45, 7) is 29.0. The van der Waals surface area contributed by atoms with E-state index in [9.17, 15) is 10.5 Å². The van der Waals surface area contributed by atoms with Crippen molar-refractivity contribution < 1.29 is 9.47 Å². The number of nitrogens with zero attached hydrogens (tertiary/aromatic N) is 6. The molecule has 0 unspecified atom stereocenters. The summed E-state index contributed by atoms with van der Waals surface area (Å²) in [4.78, 5) is 22.0. The molecule has 2 aliphatic carbocycles. The van der Waals surface area contributed by atoms with Crippen molar-refractivity contribution in [2.45, 2.75) is 65.2 Å². The van der Waals surface area contributed by atoms with E-state index in [1.807, 2.05) is 46.9 Å². The molecule has 0 amide bonds. The Balaban J connectivity index is 1.31. The SMILES string of the molecule is [C-]#[N+]C(=Nc1cc(OCCC)c(C2=Cc3sc4c5c(sc4c3C2(C)C)-c2sc(-c3sc(N=C(C#N)C#N)cc3OCCC)cc2C5(C)C)s1)[N+]#[C-]. The molecule has 2 aliphatic rings. The fourth-order valence-electron chi connectivity index (χ4n) is 6.63. The number of hydrogen-bond donors (Lipinski definition) is 0. The normalized spacial score (nSPS) is 14.4. The second kappa shape index (κ2) is 13.2. The number of nitriles is 2. The van der Waals surface area contributed by atoms with Gasteiger partial charge in [0.2, 0.25) is 5.71 Å². The molecule has 51 heavy (non-hydrogen) atoms. The van der Waals surface area contributed by atoms with E-state index in [-0.39, 0.29) is 22.5 Å². The minimum atomic E-state index is -0.316. The summed E-state index contributed by atoms with van der Waals surface area (Å²) in [5.74, 6) is 1.26. The van der Waals surface area contributed by atoms with Crippen LogP contribution in [0.5, 0.6) is 11.5 Å². The number of ether oxygens (including phenoxy) is 2. The summed E-state index contributed by atoms with van der Waals surface area (Å²) < 4.78 is 15.0. The average Bonchev–Trinajstić information content (AvgIpc) is 3.95. The minimum Gasteiger partial charge on any atom is -0.492 e. The Kier molecular flexibility index (Phi) is 9.00. The molecule has 0 spiro atoms. The Morgan fingerprint density at radius 2 is 1.35 bits per heavy atom. The standard InChI is InChI=1S/C38H30N6O2S5/c1-9-11-45-22-15-27(44-36(41-7)42-8)49-30(22)20-13-24-28(37(20,3)4)33-35(47-24)29-34(51-33)31-21(38(29,5)6)14-25(48-31)32-23(46-12-10-2)16-26(50-32)43-19(17-39)18-40/h13-16H,9-12H2,1-6H3. The van der Waals surface area contributed by atoms with Gasteiger partial charge in [-0.15, -0.1) is 45.3 Å². The summed E-state index contributed by atoms with van der Waals surface area (Å²) in [6, 6.07) is 9.70. The lowest BCUT2D eigenvalue weighted by Gasteiger charge is -2.24. The molecule has 8 nitrogen and oxygen atoms in total. The fourth-order valence-corrected chi connectivity index (χ4v) is 13.8. The van der Waals surface area contributed by atoms with Gasteiger partial charge in [-0.3, -0.25) is 0 Å². The third kappa shape index (κ3) is 5.62. The number of rotatable bonds is 10. The zero-order valence-electron chi connectivity index (χ0n) is 28.7. The lowest BCUT2D eigenvalue weighted by Crippen LogP contribution is -2.16. The maximum atomic E-state index is 9.29. The van der Waals surface area contributed by atoms with Crippen LogP contribution in [0.1, 0.15) is 80.8 Å². The van der Waals surface area contributed by atoms with Gasteiger partial charge in [0.25, 0.3) is 5.00 Å². The Bertz CT molecular complexity index is 2490. The highest BCUT2D eigenvalue weighted by atomic mass is 32.1. The van der Waals surface area contributed by atoms with Crippen molar-refractivity contribution in [3.05, 3.63) is 67.5 Å². The summed E-state index contributed by atoms with van der Waals surface area (Å²) >= 11 is 8.41. The molecule has 0 aliphatic heterocycles. The van der Waals surface area contributed by atoms with E-state index in [2.05, 4.69) is 73.4 Å². The Morgan fingerprint density at radius 3 is 1.98 bits per heavy atom. The van der Waals surface area contributed by atoms with E-state index in [4.69, 9.17) is 22.6 Å². The van der Waals surface area contributed by atoms with Crippen LogP contribution in [0.25, 0.3) is 50.2 Å². The molecule has 5 aromatic heterocycles. The maximum absolute atomic E-state index is 9.29. The third-order valence-corrected chi connectivity index (χ3v) is 15.0. The quantitative estimate of drug-likeness (QED) is 0.0803. The van der Waals surface area contributed by atoms with Crippen molar-refractivity contribution >= 4 is 99.4 Å². The molecule has 0 atom stereocenters. The first-order chi connectivity index (χ1) is 24.5. The maximum Gasteiger partial charge on any atom is 0.635 e. The van der Waals surface area contributed by atoms with Crippen LogP contribution in [0.3, 0.4) is 0 Å². The second-order valence-electron chi connectivity index (χ2n) is 13.0. The van der Waals surface area contributed by atoms with Gasteiger partial charge >= 0.3 is 5.96 Å². The van der Waals surface area contributed by atoms with Gasteiger partial charge in [-0.1, -0.05) is 52.9 Å². The van der Waals surface area contributed by atoms with E-state index in [1.165, 1.54) is 63.4 Å². The first-order valence-corrected chi connectivity index (χ1v) is 20.3. The van der Waals surface area contributed by atoms with Gasteiger partial charge in [0.15, 0.2) is 0 Å².